The Balaban J connectivity index is 1.74. The molecule has 0 heterocycles. The van der Waals surface area contributed by atoms with Crippen LogP contribution in [0.2, 0.25) is 0 Å². The van der Waals surface area contributed by atoms with E-state index in [2.05, 4.69) is 101 Å². The molecule has 0 aliphatic rings. The quantitative estimate of drug-likeness (QED) is 0.402. The van der Waals surface area contributed by atoms with Gasteiger partial charge in [-0.15, -0.1) is 0 Å². The molecule has 0 radical (unpaired) electrons. The maximum atomic E-state index is 6.28. The number of hydrogen-bond donors (Lipinski definition) is 0. The molecule has 2 nitrogen and oxygen atoms in total. The Morgan fingerprint density at radius 2 is 1.54 bits per heavy atom. The first kappa shape index (κ1) is 20.4. The Hall–Kier alpha value is -2.32. The van der Waals surface area contributed by atoms with Gasteiger partial charge in [0, 0.05) is 5.41 Å². The molecule has 0 saturated heterocycles. The van der Waals surface area contributed by atoms with Crippen molar-refractivity contribution >= 4 is 10.8 Å². The summed E-state index contributed by atoms with van der Waals surface area (Å²) in [6, 6.07) is 23.2. The van der Waals surface area contributed by atoms with Crippen molar-refractivity contribution in [2.75, 3.05) is 0 Å². The Morgan fingerprint density at radius 1 is 0.857 bits per heavy atom. The number of benzene rings is 3. The van der Waals surface area contributed by atoms with Gasteiger partial charge in [0.25, 0.3) is 0 Å². The zero-order valence-corrected chi connectivity index (χ0v) is 17.7. The maximum absolute atomic E-state index is 6.28. The average Bonchev–Trinajstić information content (AvgIpc) is 2.70. The van der Waals surface area contributed by atoms with E-state index in [1.807, 2.05) is 0 Å². The Morgan fingerprint density at radius 3 is 2.21 bits per heavy atom. The van der Waals surface area contributed by atoms with Crippen LogP contribution in [-0.4, -0.2) is 6.29 Å². The summed E-state index contributed by atoms with van der Waals surface area (Å²) < 4.78 is 12.5. The predicted octanol–water partition coefficient (Wildman–Crippen LogP) is 7.32. The van der Waals surface area contributed by atoms with Crippen molar-refractivity contribution in [1.82, 2.24) is 0 Å². The molecule has 148 valence electrons. The third kappa shape index (κ3) is 4.94. The molecular weight excluding hydrogens is 344 g/mol. The fourth-order valence-corrected chi connectivity index (χ4v) is 3.28. The van der Waals surface area contributed by atoms with Crippen LogP contribution in [0.3, 0.4) is 0 Å². The molecule has 3 rings (SSSR count). The van der Waals surface area contributed by atoms with Crippen LogP contribution < -0.4 is 4.74 Å². The van der Waals surface area contributed by atoms with Crippen LogP contribution in [-0.2, 0) is 11.3 Å². The van der Waals surface area contributed by atoms with Gasteiger partial charge in [-0.25, -0.2) is 0 Å². The van der Waals surface area contributed by atoms with Gasteiger partial charge in [-0.2, -0.15) is 0 Å². The van der Waals surface area contributed by atoms with Gasteiger partial charge in [0.05, 0.1) is 6.61 Å². The summed E-state index contributed by atoms with van der Waals surface area (Å²) in [5, 5.41) is 2.47. The largest absolute Gasteiger partial charge is 0.464 e. The standard InChI is InChI=1S/C26H32O2/c1-6-19(2)20-14-16-23(17-15-20)28-25(26(3,4)5)27-18-22-12-9-11-21-10-7-8-13-24(21)22/h7-17,19,25H,6,18H2,1-5H3. The highest BCUT2D eigenvalue weighted by Gasteiger charge is 2.28. The van der Waals surface area contributed by atoms with Gasteiger partial charge in [0.1, 0.15) is 5.75 Å². The lowest BCUT2D eigenvalue weighted by atomic mass is 9.95. The molecule has 0 spiro atoms. The zero-order valence-electron chi connectivity index (χ0n) is 17.7. The van der Waals surface area contributed by atoms with Gasteiger partial charge in [0.15, 0.2) is 0 Å². The van der Waals surface area contributed by atoms with Crippen LogP contribution in [0.4, 0.5) is 0 Å². The van der Waals surface area contributed by atoms with Crippen molar-refractivity contribution < 1.29 is 9.47 Å². The molecule has 0 amide bonds. The van der Waals surface area contributed by atoms with E-state index in [4.69, 9.17) is 9.47 Å². The molecule has 2 atom stereocenters. The second kappa shape index (κ2) is 8.79. The first-order chi connectivity index (χ1) is 13.4. The Labute approximate surface area is 169 Å². The second-order valence-corrected chi connectivity index (χ2v) is 8.64. The van der Waals surface area contributed by atoms with Gasteiger partial charge in [0.2, 0.25) is 6.29 Å². The molecule has 3 aromatic carbocycles. The summed E-state index contributed by atoms with van der Waals surface area (Å²) in [6.07, 6.45) is 0.805. The predicted molar refractivity (Wildman–Crippen MR) is 118 cm³/mol. The number of ether oxygens (including phenoxy) is 2. The Kier molecular flexibility index (Phi) is 6.41. The molecule has 2 heteroatoms. The zero-order chi connectivity index (χ0) is 20.1. The smallest absolute Gasteiger partial charge is 0.205 e. The lowest BCUT2D eigenvalue weighted by molar-refractivity contribution is -0.148. The van der Waals surface area contributed by atoms with Gasteiger partial charge >= 0.3 is 0 Å². The van der Waals surface area contributed by atoms with E-state index in [9.17, 15) is 0 Å². The van der Waals surface area contributed by atoms with Crippen LogP contribution in [0.25, 0.3) is 10.8 Å². The second-order valence-electron chi connectivity index (χ2n) is 8.64. The van der Waals surface area contributed by atoms with Crippen molar-refractivity contribution in [2.45, 2.75) is 59.9 Å². The molecule has 2 unspecified atom stereocenters. The summed E-state index contributed by atoms with van der Waals surface area (Å²) in [7, 11) is 0. The molecule has 0 fully saturated rings. The normalized spacial score (nSPS) is 14.0. The van der Waals surface area contributed by atoms with Gasteiger partial charge in [-0.3, -0.25) is 0 Å². The van der Waals surface area contributed by atoms with Gasteiger partial charge < -0.3 is 9.47 Å². The van der Waals surface area contributed by atoms with Crippen molar-refractivity contribution in [2.24, 2.45) is 5.41 Å². The summed E-state index contributed by atoms with van der Waals surface area (Å²) in [5.41, 5.74) is 2.39. The minimum absolute atomic E-state index is 0.139. The first-order valence-electron chi connectivity index (χ1n) is 10.2. The van der Waals surface area contributed by atoms with E-state index < -0.39 is 0 Å². The van der Waals surface area contributed by atoms with Crippen LogP contribution in [0.5, 0.6) is 5.75 Å². The third-order valence-corrected chi connectivity index (χ3v) is 5.28. The van der Waals surface area contributed by atoms with Gasteiger partial charge in [-0.1, -0.05) is 89.2 Å². The van der Waals surface area contributed by atoms with E-state index in [0.29, 0.717) is 12.5 Å². The fourth-order valence-electron chi connectivity index (χ4n) is 3.28. The molecule has 0 N–H and O–H groups in total. The molecule has 3 aromatic rings. The third-order valence-electron chi connectivity index (χ3n) is 5.28. The SMILES string of the molecule is CCC(C)c1ccc(OC(OCc2cccc3ccccc23)C(C)(C)C)cc1. The maximum Gasteiger partial charge on any atom is 0.205 e. The summed E-state index contributed by atoms with van der Waals surface area (Å²) in [6.45, 7) is 11.4. The molecular formula is C26H32O2. The molecule has 0 aliphatic heterocycles. The van der Waals surface area contributed by atoms with Crippen LogP contribution in [0, 0.1) is 5.41 Å². The summed E-state index contributed by atoms with van der Waals surface area (Å²) >= 11 is 0. The van der Waals surface area contributed by atoms with E-state index >= 15 is 0 Å². The van der Waals surface area contributed by atoms with Crippen LogP contribution in [0.15, 0.2) is 66.7 Å². The van der Waals surface area contributed by atoms with Crippen LogP contribution >= 0.6 is 0 Å². The lowest BCUT2D eigenvalue weighted by Gasteiger charge is -2.31. The van der Waals surface area contributed by atoms with Gasteiger partial charge in [-0.05, 0) is 46.4 Å². The first-order valence-corrected chi connectivity index (χ1v) is 10.2. The topological polar surface area (TPSA) is 18.5 Å². The summed E-state index contributed by atoms with van der Waals surface area (Å²) in [4.78, 5) is 0. The Bertz CT molecular complexity index is 885. The monoisotopic (exact) mass is 376 g/mol. The highest BCUT2D eigenvalue weighted by Crippen LogP contribution is 2.29. The van der Waals surface area contributed by atoms with Crippen molar-refractivity contribution in [3.8, 4) is 5.75 Å². The van der Waals surface area contributed by atoms with Crippen molar-refractivity contribution in [3.05, 3.63) is 77.9 Å². The fraction of sp³-hybridized carbons (Fsp3) is 0.385. The number of fused-ring (bicyclic) bond motifs is 1. The molecule has 28 heavy (non-hydrogen) atoms. The van der Waals surface area contributed by atoms with E-state index in [1.54, 1.807) is 0 Å². The van der Waals surface area contributed by atoms with E-state index in [0.717, 1.165) is 12.2 Å². The number of hydrogen-bond acceptors (Lipinski definition) is 2. The minimum atomic E-state index is -0.332. The minimum Gasteiger partial charge on any atom is -0.464 e. The van der Waals surface area contributed by atoms with Crippen molar-refractivity contribution in [1.29, 1.82) is 0 Å². The van der Waals surface area contributed by atoms with Crippen LogP contribution in [0.1, 0.15) is 58.1 Å². The van der Waals surface area contributed by atoms with E-state index in [1.165, 1.54) is 21.9 Å². The highest BCUT2D eigenvalue weighted by atomic mass is 16.7. The summed E-state index contributed by atoms with van der Waals surface area (Å²) in [5.74, 6) is 1.42. The average molecular weight is 377 g/mol. The molecule has 0 saturated carbocycles. The van der Waals surface area contributed by atoms with E-state index in [-0.39, 0.29) is 11.7 Å². The van der Waals surface area contributed by atoms with Crippen molar-refractivity contribution in [3.63, 3.8) is 0 Å². The highest BCUT2D eigenvalue weighted by molar-refractivity contribution is 5.85. The molecule has 0 aliphatic carbocycles. The lowest BCUT2D eigenvalue weighted by Crippen LogP contribution is -2.34. The molecule has 0 aromatic heterocycles. The molecule has 0 bridgehead atoms. The number of rotatable bonds is 7.